The van der Waals surface area contributed by atoms with Crippen LogP contribution in [0.1, 0.15) is 0 Å². The molecule has 0 rings (SSSR count). The van der Waals surface area contributed by atoms with Crippen LogP contribution in [0.3, 0.4) is 0 Å². The highest BCUT2D eigenvalue weighted by Gasteiger charge is 2.11. The maximum atomic E-state index is 8.98. The van der Waals surface area contributed by atoms with Crippen LogP contribution in [0.4, 0.5) is 4.79 Å². The fourth-order valence-electron chi connectivity index (χ4n) is 0. The molecular formula is C2Cl6O. The van der Waals surface area contributed by atoms with Crippen molar-refractivity contribution in [3.05, 3.63) is 0 Å². The second kappa shape index (κ2) is 6.14. The monoisotopic (exact) mass is 250 g/mol. The number of hydrogen-bond donors (Lipinski definition) is 0. The second-order valence-electron chi connectivity index (χ2n) is 0.654. The van der Waals surface area contributed by atoms with Gasteiger partial charge in [0.15, 0.2) is 0 Å². The van der Waals surface area contributed by atoms with E-state index < -0.39 is 7.95 Å². The summed E-state index contributed by atoms with van der Waals surface area (Å²) in [5, 5.41) is 0. The summed E-state index contributed by atoms with van der Waals surface area (Å²) in [6.07, 6.45) is 0. The van der Waals surface area contributed by atoms with Gasteiger partial charge in [0.05, 0.1) is 0 Å². The first kappa shape index (κ1) is 13.0. The summed E-state index contributed by atoms with van der Waals surface area (Å²) in [6, 6.07) is 0. The van der Waals surface area contributed by atoms with Gasteiger partial charge in [-0.15, -0.1) is 0 Å². The third-order valence-corrected chi connectivity index (χ3v) is 0. The van der Waals surface area contributed by atoms with Crippen LogP contribution in [0.25, 0.3) is 0 Å². The fraction of sp³-hybridized carbons (Fsp3) is 0.500. The van der Waals surface area contributed by atoms with E-state index in [1.165, 1.54) is 0 Å². The van der Waals surface area contributed by atoms with Crippen molar-refractivity contribution >= 4 is 74.3 Å². The quantitative estimate of drug-likeness (QED) is 0.468. The lowest BCUT2D eigenvalue weighted by Gasteiger charge is -1.91. The van der Waals surface area contributed by atoms with Crippen LogP contribution in [0.5, 0.6) is 0 Å². The van der Waals surface area contributed by atoms with Gasteiger partial charge in [0.1, 0.15) is 0 Å². The van der Waals surface area contributed by atoms with Gasteiger partial charge in [0.25, 0.3) is 3.25 Å². The SMILES string of the molecule is ClC(Cl)(Cl)Cl.O=C(Cl)Cl. The summed E-state index contributed by atoms with van der Waals surface area (Å²) in [5.74, 6) is 0. The molecule has 1 nitrogen and oxygen atoms in total. The van der Waals surface area contributed by atoms with Crippen LogP contribution in [-0.4, -0.2) is 7.95 Å². The molecule has 0 aliphatic carbocycles. The summed E-state index contributed by atoms with van der Waals surface area (Å²) >= 11 is 28.1. The highest BCUT2D eigenvalue weighted by atomic mass is 35.6. The van der Waals surface area contributed by atoms with Gasteiger partial charge in [-0.3, -0.25) is 4.79 Å². The molecule has 0 aromatic rings. The average Bonchev–Trinajstić information content (AvgIpc) is 1.19. The van der Waals surface area contributed by atoms with E-state index in [1.807, 2.05) is 0 Å². The summed E-state index contributed by atoms with van der Waals surface area (Å²) in [6.45, 7) is 0. The van der Waals surface area contributed by atoms with Crippen LogP contribution in [0.2, 0.25) is 0 Å². The smallest absolute Gasteiger partial charge is 0.262 e. The second-order valence-corrected chi connectivity index (χ2v) is 4.96. The van der Waals surface area contributed by atoms with E-state index in [2.05, 4.69) is 23.2 Å². The number of halogens is 6. The molecule has 0 aromatic carbocycles. The van der Waals surface area contributed by atoms with Crippen molar-refractivity contribution in [2.75, 3.05) is 0 Å². The molecule has 0 N–H and O–H groups in total. The molecule has 0 radical (unpaired) electrons. The highest BCUT2D eigenvalue weighted by Crippen LogP contribution is 2.29. The van der Waals surface area contributed by atoms with Gasteiger partial charge in [0.2, 0.25) is 0 Å². The Morgan fingerprint density at radius 3 is 1.00 bits per heavy atom. The van der Waals surface area contributed by atoms with E-state index >= 15 is 0 Å². The first-order valence-corrected chi connectivity index (χ1v) is 3.61. The minimum atomic E-state index is -1.61. The van der Waals surface area contributed by atoms with Crippen molar-refractivity contribution in [1.82, 2.24) is 0 Å². The Kier molecular flexibility index (Phi) is 8.89. The molecule has 0 atom stereocenters. The Bertz CT molecular complexity index is 73.5. The zero-order chi connectivity index (χ0) is 8.08. The molecule has 0 saturated heterocycles. The Labute approximate surface area is 82.1 Å². The number of carbonyl (C=O) groups is 1. The van der Waals surface area contributed by atoms with E-state index in [1.54, 1.807) is 0 Å². The third kappa shape index (κ3) is 260. The highest BCUT2D eigenvalue weighted by molar-refractivity contribution is 6.93. The molecule has 0 aromatic heterocycles. The number of carbonyl (C=O) groups excluding carboxylic acids is 1. The van der Waals surface area contributed by atoms with Gasteiger partial charge in [-0.05, 0) is 23.2 Å². The molecule has 9 heavy (non-hydrogen) atoms. The predicted molar refractivity (Wildman–Crippen MR) is 43.2 cm³/mol. The number of rotatable bonds is 0. The van der Waals surface area contributed by atoms with Crippen molar-refractivity contribution in [1.29, 1.82) is 0 Å². The lowest BCUT2D eigenvalue weighted by atomic mass is 11.8. The van der Waals surface area contributed by atoms with E-state index in [-0.39, 0.29) is 0 Å². The van der Waals surface area contributed by atoms with Crippen LogP contribution < -0.4 is 0 Å². The van der Waals surface area contributed by atoms with Gasteiger partial charge in [-0.2, -0.15) is 0 Å². The lowest BCUT2D eigenvalue weighted by molar-refractivity contribution is 0.275. The molecule has 0 fully saturated rings. The van der Waals surface area contributed by atoms with E-state index in [0.717, 1.165) is 0 Å². The molecule has 56 valence electrons. The maximum absolute atomic E-state index is 8.98. The Morgan fingerprint density at radius 2 is 1.00 bits per heavy atom. The Morgan fingerprint density at radius 1 is 1.00 bits per heavy atom. The summed E-state index contributed by atoms with van der Waals surface area (Å²) in [4.78, 5) is 8.98. The lowest BCUT2D eigenvalue weighted by Crippen LogP contribution is -1.81. The van der Waals surface area contributed by atoms with Gasteiger partial charge < -0.3 is 0 Å². The molecule has 0 spiro atoms. The van der Waals surface area contributed by atoms with E-state index in [4.69, 9.17) is 51.2 Å². The topological polar surface area (TPSA) is 17.1 Å². The minimum Gasteiger partial charge on any atom is -0.262 e. The van der Waals surface area contributed by atoms with Gasteiger partial charge in [-0.25, -0.2) is 0 Å². The van der Waals surface area contributed by atoms with Crippen molar-refractivity contribution in [3.63, 3.8) is 0 Å². The largest absolute Gasteiger partial charge is 0.313 e. The summed E-state index contributed by atoms with van der Waals surface area (Å²) in [5.41, 5.74) is 0. The zero-order valence-electron chi connectivity index (χ0n) is 3.68. The van der Waals surface area contributed by atoms with E-state index in [0.29, 0.717) is 0 Å². The van der Waals surface area contributed by atoms with Crippen LogP contribution in [-0.2, 0) is 0 Å². The van der Waals surface area contributed by atoms with Gasteiger partial charge in [0, 0.05) is 0 Å². The Balaban J connectivity index is 0. The van der Waals surface area contributed by atoms with Crippen molar-refractivity contribution in [2.24, 2.45) is 0 Å². The molecule has 0 aliphatic heterocycles. The predicted octanol–water partition coefficient (Wildman–Crippen LogP) is 4.14. The summed E-state index contributed by atoms with van der Waals surface area (Å²) in [7, 11) is 0. The van der Waals surface area contributed by atoms with Crippen LogP contribution in [0.15, 0.2) is 0 Å². The first-order valence-electron chi connectivity index (χ1n) is 1.34. The third-order valence-electron chi connectivity index (χ3n) is 0. The zero-order valence-corrected chi connectivity index (χ0v) is 8.21. The Hall–Kier alpha value is 1.41. The normalized spacial score (nSPS) is 9.56. The molecule has 0 bridgehead atoms. The van der Waals surface area contributed by atoms with Crippen molar-refractivity contribution in [3.8, 4) is 0 Å². The summed E-state index contributed by atoms with van der Waals surface area (Å²) < 4.78 is -2.50. The maximum Gasteiger partial charge on any atom is 0.313 e. The van der Waals surface area contributed by atoms with Gasteiger partial charge >= 0.3 is 4.70 Å². The average molecular weight is 253 g/mol. The van der Waals surface area contributed by atoms with E-state index in [9.17, 15) is 0 Å². The molecule has 0 saturated carbocycles. The molecule has 0 heterocycles. The van der Waals surface area contributed by atoms with Gasteiger partial charge in [-0.1, -0.05) is 46.4 Å². The molecule has 0 unspecified atom stereocenters. The fourth-order valence-corrected chi connectivity index (χ4v) is 0. The van der Waals surface area contributed by atoms with Crippen molar-refractivity contribution in [2.45, 2.75) is 3.25 Å². The molecule has 0 aliphatic rings. The standard InChI is InChI=1S/CCl4.CCl2O/c2-1(3,4)5;2-1(3)4. The molecule has 7 heteroatoms. The molecular weight excluding hydrogens is 253 g/mol. The number of hydrogen-bond acceptors (Lipinski definition) is 1. The molecule has 0 amide bonds. The van der Waals surface area contributed by atoms with Crippen molar-refractivity contribution < 1.29 is 4.79 Å². The van der Waals surface area contributed by atoms with Crippen LogP contribution in [0, 0.1) is 0 Å². The number of alkyl halides is 4. The minimum absolute atomic E-state index is 0.889. The first-order chi connectivity index (χ1) is 3.73. The van der Waals surface area contributed by atoms with Crippen LogP contribution >= 0.6 is 69.6 Å².